The molecule has 0 saturated carbocycles. The Balaban J connectivity index is 2.12. The highest BCUT2D eigenvalue weighted by molar-refractivity contribution is 14.1. The van der Waals surface area contributed by atoms with E-state index in [9.17, 15) is 0 Å². The molecule has 3 aromatic rings. The number of halogens is 1. The Bertz CT molecular complexity index is 682. The van der Waals surface area contributed by atoms with Crippen molar-refractivity contribution in [2.45, 2.75) is 0 Å². The lowest BCUT2D eigenvalue weighted by Crippen LogP contribution is -1.89. The van der Waals surface area contributed by atoms with Crippen LogP contribution in [0.1, 0.15) is 0 Å². The molecule has 0 atom stereocenters. The summed E-state index contributed by atoms with van der Waals surface area (Å²) in [5, 5.41) is 0. The summed E-state index contributed by atoms with van der Waals surface area (Å²) in [6.45, 7) is 0. The molecule has 92 valence electrons. The van der Waals surface area contributed by atoms with Crippen LogP contribution >= 0.6 is 22.6 Å². The first kappa shape index (κ1) is 12.3. The molecule has 0 fully saturated rings. The third-order valence-corrected chi connectivity index (χ3v) is 3.81. The molecular formula is C16H11IN2. The quantitative estimate of drug-likeness (QED) is 0.634. The molecule has 0 aliphatic heterocycles. The molecule has 0 aliphatic rings. The molecule has 0 N–H and O–H groups in total. The van der Waals surface area contributed by atoms with Gasteiger partial charge in [0.2, 0.25) is 0 Å². The van der Waals surface area contributed by atoms with Gasteiger partial charge in [-0.3, -0.25) is 9.97 Å². The van der Waals surface area contributed by atoms with Gasteiger partial charge in [0, 0.05) is 27.1 Å². The number of pyridine rings is 2. The number of hydrogen-bond donors (Lipinski definition) is 0. The molecule has 0 bridgehead atoms. The van der Waals surface area contributed by atoms with Gasteiger partial charge in [0.05, 0.1) is 11.4 Å². The van der Waals surface area contributed by atoms with Crippen molar-refractivity contribution in [2.24, 2.45) is 0 Å². The molecule has 2 aromatic heterocycles. The minimum absolute atomic E-state index is 0.982. The van der Waals surface area contributed by atoms with Gasteiger partial charge in [-0.2, -0.15) is 0 Å². The number of rotatable bonds is 2. The van der Waals surface area contributed by atoms with Crippen LogP contribution in [-0.4, -0.2) is 9.97 Å². The Labute approximate surface area is 125 Å². The van der Waals surface area contributed by atoms with Crippen molar-refractivity contribution in [3.8, 4) is 22.5 Å². The van der Waals surface area contributed by atoms with Gasteiger partial charge in [-0.05, 0) is 59.0 Å². The molecule has 0 spiro atoms. The van der Waals surface area contributed by atoms with Gasteiger partial charge in [0.25, 0.3) is 0 Å². The van der Waals surface area contributed by atoms with Crippen molar-refractivity contribution in [1.29, 1.82) is 0 Å². The molecule has 1 aromatic carbocycles. The molecule has 3 heteroatoms. The predicted molar refractivity (Wildman–Crippen MR) is 85.6 cm³/mol. The van der Waals surface area contributed by atoms with Gasteiger partial charge in [-0.1, -0.05) is 18.2 Å². The molecule has 0 saturated heterocycles. The van der Waals surface area contributed by atoms with E-state index in [-0.39, 0.29) is 0 Å². The maximum absolute atomic E-state index is 4.42. The van der Waals surface area contributed by atoms with Crippen LogP contribution in [0, 0.1) is 3.57 Å². The van der Waals surface area contributed by atoms with Gasteiger partial charge in [-0.15, -0.1) is 0 Å². The van der Waals surface area contributed by atoms with Crippen LogP contribution in [0.15, 0.2) is 67.0 Å². The van der Waals surface area contributed by atoms with E-state index in [1.165, 1.54) is 3.57 Å². The lowest BCUT2D eigenvalue weighted by molar-refractivity contribution is 1.30. The van der Waals surface area contributed by atoms with E-state index >= 15 is 0 Å². The topological polar surface area (TPSA) is 25.8 Å². The van der Waals surface area contributed by atoms with Crippen molar-refractivity contribution in [3.05, 3.63) is 70.6 Å². The summed E-state index contributed by atoms with van der Waals surface area (Å²) in [5.74, 6) is 0. The van der Waals surface area contributed by atoms with E-state index in [1.54, 1.807) is 0 Å². The largest absolute Gasteiger partial charge is 0.256 e. The van der Waals surface area contributed by atoms with Gasteiger partial charge >= 0.3 is 0 Å². The first-order chi connectivity index (χ1) is 9.34. The summed E-state index contributed by atoms with van der Waals surface area (Å²) in [7, 11) is 0. The lowest BCUT2D eigenvalue weighted by Gasteiger charge is -2.07. The van der Waals surface area contributed by atoms with E-state index in [1.807, 2.05) is 48.8 Å². The van der Waals surface area contributed by atoms with Crippen molar-refractivity contribution in [3.63, 3.8) is 0 Å². The maximum atomic E-state index is 4.42. The zero-order chi connectivity index (χ0) is 13.1. The van der Waals surface area contributed by atoms with Gasteiger partial charge in [0.1, 0.15) is 0 Å². The monoisotopic (exact) mass is 358 g/mol. The van der Waals surface area contributed by atoms with E-state index in [0.717, 1.165) is 22.5 Å². The van der Waals surface area contributed by atoms with Gasteiger partial charge in [0.15, 0.2) is 0 Å². The highest BCUT2D eigenvalue weighted by atomic mass is 127. The third-order valence-electron chi connectivity index (χ3n) is 2.87. The molecule has 0 unspecified atom stereocenters. The Morgan fingerprint density at radius 2 is 1.42 bits per heavy atom. The third kappa shape index (κ3) is 2.66. The van der Waals surface area contributed by atoms with Crippen LogP contribution in [-0.2, 0) is 0 Å². The van der Waals surface area contributed by atoms with Gasteiger partial charge in [-0.25, -0.2) is 0 Å². The van der Waals surface area contributed by atoms with E-state index in [0.29, 0.717) is 0 Å². The second-order valence-electron chi connectivity index (χ2n) is 4.12. The first-order valence-electron chi connectivity index (χ1n) is 5.97. The summed E-state index contributed by atoms with van der Waals surface area (Å²) in [6, 6.07) is 18.3. The second-order valence-corrected chi connectivity index (χ2v) is 5.29. The smallest absolute Gasteiger partial charge is 0.0712 e. The zero-order valence-corrected chi connectivity index (χ0v) is 12.3. The van der Waals surface area contributed by atoms with Crippen LogP contribution in [0.3, 0.4) is 0 Å². The average molecular weight is 358 g/mol. The van der Waals surface area contributed by atoms with Crippen LogP contribution in [0.4, 0.5) is 0 Å². The van der Waals surface area contributed by atoms with Crippen molar-refractivity contribution in [1.82, 2.24) is 9.97 Å². The summed E-state index contributed by atoms with van der Waals surface area (Å²) >= 11 is 2.34. The summed E-state index contributed by atoms with van der Waals surface area (Å²) in [6.07, 6.45) is 3.63. The van der Waals surface area contributed by atoms with Crippen LogP contribution in [0.5, 0.6) is 0 Å². The normalized spacial score (nSPS) is 10.4. The second kappa shape index (κ2) is 5.48. The fraction of sp³-hybridized carbons (Fsp3) is 0. The highest BCUT2D eigenvalue weighted by Crippen LogP contribution is 2.28. The molecular weight excluding hydrogens is 347 g/mol. The van der Waals surface area contributed by atoms with E-state index < -0.39 is 0 Å². The predicted octanol–water partition coefficient (Wildman–Crippen LogP) is 4.42. The average Bonchev–Trinajstić information content (AvgIpc) is 2.49. The summed E-state index contributed by atoms with van der Waals surface area (Å²) in [5.41, 5.74) is 4.23. The van der Waals surface area contributed by atoms with Crippen LogP contribution in [0.25, 0.3) is 22.5 Å². The Morgan fingerprint density at radius 3 is 2.05 bits per heavy atom. The molecule has 2 nitrogen and oxygen atoms in total. The first-order valence-corrected chi connectivity index (χ1v) is 7.05. The minimum Gasteiger partial charge on any atom is -0.256 e. The Hall–Kier alpha value is -1.75. The number of nitrogens with zero attached hydrogens (tertiary/aromatic N) is 2. The van der Waals surface area contributed by atoms with Crippen molar-refractivity contribution < 1.29 is 0 Å². The van der Waals surface area contributed by atoms with Crippen LogP contribution in [0.2, 0.25) is 0 Å². The zero-order valence-electron chi connectivity index (χ0n) is 10.1. The molecule has 0 radical (unpaired) electrons. The molecule has 0 aliphatic carbocycles. The summed E-state index contributed by atoms with van der Waals surface area (Å²) < 4.78 is 1.19. The van der Waals surface area contributed by atoms with E-state index in [4.69, 9.17) is 0 Å². The lowest BCUT2D eigenvalue weighted by atomic mass is 10.1. The maximum Gasteiger partial charge on any atom is 0.0712 e. The summed E-state index contributed by atoms with van der Waals surface area (Å²) in [4.78, 5) is 8.81. The number of aromatic nitrogens is 2. The fourth-order valence-electron chi connectivity index (χ4n) is 1.94. The highest BCUT2D eigenvalue weighted by Gasteiger charge is 2.07. The van der Waals surface area contributed by atoms with Crippen molar-refractivity contribution in [2.75, 3.05) is 0 Å². The van der Waals surface area contributed by atoms with Gasteiger partial charge < -0.3 is 0 Å². The van der Waals surface area contributed by atoms with Crippen molar-refractivity contribution >= 4 is 22.6 Å². The standard InChI is InChI=1S/C16H11IN2/c17-14-8-7-12(15-5-1-3-9-18-15)11-13(14)16-6-2-4-10-19-16/h1-11H. The Morgan fingerprint density at radius 1 is 0.737 bits per heavy atom. The minimum atomic E-state index is 0.982. The molecule has 0 amide bonds. The molecule has 2 heterocycles. The Kier molecular flexibility index (Phi) is 3.55. The molecule has 19 heavy (non-hydrogen) atoms. The molecule has 3 rings (SSSR count). The van der Waals surface area contributed by atoms with Crippen LogP contribution < -0.4 is 0 Å². The fourth-order valence-corrected chi connectivity index (χ4v) is 2.55. The SMILES string of the molecule is Ic1ccc(-c2ccccn2)cc1-c1ccccn1. The number of benzene rings is 1. The number of hydrogen-bond acceptors (Lipinski definition) is 2. The van der Waals surface area contributed by atoms with E-state index in [2.05, 4.69) is 50.8 Å².